The van der Waals surface area contributed by atoms with Gasteiger partial charge in [0, 0.05) is 10.0 Å². The first-order valence-corrected chi connectivity index (χ1v) is 6.81. The fourth-order valence-electron chi connectivity index (χ4n) is 1.95. The average molecular weight is 319 g/mol. The van der Waals surface area contributed by atoms with Crippen LogP contribution in [0, 0.1) is 20.8 Å². The maximum absolute atomic E-state index is 10.7. The molecule has 0 saturated heterocycles. The molecule has 0 aliphatic carbocycles. The van der Waals surface area contributed by atoms with Crippen molar-refractivity contribution >= 4 is 22.2 Å². The Morgan fingerprint density at radius 1 is 1.00 bits per heavy atom. The molecule has 0 aromatic heterocycles. The SMILES string of the molecule is Cc1cc(C=O)ccc1Oc1cc(C)c(Br)c(C)c1. The lowest BCUT2D eigenvalue weighted by atomic mass is 10.1. The van der Waals surface area contributed by atoms with Gasteiger partial charge in [-0.3, -0.25) is 4.79 Å². The van der Waals surface area contributed by atoms with Gasteiger partial charge in [-0.15, -0.1) is 0 Å². The van der Waals surface area contributed by atoms with E-state index in [2.05, 4.69) is 15.9 Å². The largest absolute Gasteiger partial charge is 0.457 e. The van der Waals surface area contributed by atoms with Crippen molar-refractivity contribution < 1.29 is 9.53 Å². The van der Waals surface area contributed by atoms with Crippen LogP contribution in [0.5, 0.6) is 11.5 Å². The summed E-state index contributed by atoms with van der Waals surface area (Å²) in [7, 11) is 0. The molecular weight excluding hydrogens is 304 g/mol. The second kappa shape index (κ2) is 5.57. The molecule has 0 aliphatic rings. The lowest BCUT2D eigenvalue weighted by molar-refractivity contribution is 0.112. The van der Waals surface area contributed by atoms with Gasteiger partial charge in [-0.2, -0.15) is 0 Å². The van der Waals surface area contributed by atoms with E-state index in [1.54, 1.807) is 6.07 Å². The summed E-state index contributed by atoms with van der Waals surface area (Å²) >= 11 is 3.54. The molecule has 0 radical (unpaired) electrons. The molecule has 0 bridgehead atoms. The third-order valence-electron chi connectivity index (χ3n) is 2.97. The highest BCUT2D eigenvalue weighted by molar-refractivity contribution is 9.10. The highest BCUT2D eigenvalue weighted by Crippen LogP contribution is 2.30. The third-order valence-corrected chi connectivity index (χ3v) is 4.22. The van der Waals surface area contributed by atoms with Crippen LogP contribution in [-0.4, -0.2) is 6.29 Å². The highest BCUT2D eigenvalue weighted by Gasteiger charge is 2.06. The molecule has 0 atom stereocenters. The summed E-state index contributed by atoms with van der Waals surface area (Å²) in [5, 5.41) is 0. The number of rotatable bonds is 3. The Morgan fingerprint density at radius 3 is 2.16 bits per heavy atom. The molecule has 0 N–H and O–H groups in total. The van der Waals surface area contributed by atoms with Crippen molar-refractivity contribution in [3.8, 4) is 11.5 Å². The first kappa shape index (κ1) is 13.8. The topological polar surface area (TPSA) is 26.3 Å². The minimum atomic E-state index is 0.660. The summed E-state index contributed by atoms with van der Waals surface area (Å²) in [6, 6.07) is 9.38. The van der Waals surface area contributed by atoms with Crippen molar-refractivity contribution in [3.63, 3.8) is 0 Å². The molecule has 0 spiro atoms. The van der Waals surface area contributed by atoms with Crippen LogP contribution in [0.25, 0.3) is 0 Å². The lowest BCUT2D eigenvalue weighted by Crippen LogP contribution is -1.91. The smallest absolute Gasteiger partial charge is 0.150 e. The van der Waals surface area contributed by atoms with Crippen molar-refractivity contribution in [1.29, 1.82) is 0 Å². The zero-order valence-electron chi connectivity index (χ0n) is 11.2. The van der Waals surface area contributed by atoms with Gasteiger partial charge in [-0.1, -0.05) is 15.9 Å². The Kier molecular flexibility index (Phi) is 4.05. The zero-order chi connectivity index (χ0) is 14.0. The van der Waals surface area contributed by atoms with Crippen LogP contribution in [0.4, 0.5) is 0 Å². The van der Waals surface area contributed by atoms with Gasteiger partial charge in [0.05, 0.1) is 0 Å². The number of hydrogen-bond acceptors (Lipinski definition) is 2. The number of halogens is 1. The number of aldehydes is 1. The molecule has 0 amide bonds. The zero-order valence-corrected chi connectivity index (χ0v) is 12.7. The fourth-order valence-corrected chi connectivity index (χ4v) is 2.18. The predicted molar refractivity (Wildman–Crippen MR) is 80.3 cm³/mol. The van der Waals surface area contributed by atoms with Crippen LogP contribution in [0.2, 0.25) is 0 Å². The Labute approximate surface area is 121 Å². The van der Waals surface area contributed by atoms with Crippen molar-refractivity contribution in [1.82, 2.24) is 0 Å². The number of carbonyl (C=O) groups excluding carboxylic acids is 1. The summed E-state index contributed by atoms with van der Waals surface area (Å²) < 4.78 is 6.99. The highest BCUT2D eigenvalue weighted by atomic mass is 79.9. The summed E-state index contributed by atoms with van der Waals surface area (Å²) in [4.78, 5) is 10.7. The van der Waals surface area contributed by atoms with E-state index in [1.807, 2.05) is 45.0 Å². The molecule has 2 aromatic rings. The molecule has 0 aliphatic heterocycles. The first-order chi connectivity index (χ1) is 9.01. The van der Waals surface area contributed by atoms with E-state index in [-0.39, 0.29) is 0 Å². The summed E-state index contributed by atoms with van der Waals surface area (Å²) in [6.07, 6.45) is 0.838. The van der Waals surface area contributed by atoms with Gasteiger partial charge >= 0.3 is 0 Å². The second-order valence-electron chi connectivity index (χ2n) is 4.62. The Bertz CT molecular complexity index is 610. The van der Waals surface area contributed by atoms with E-state index in [1.165, 1.54) is 0 Å². The number of carbonyl (C=O) groups is 1. The first-order valence-electron chi connectivity index (χ1n) is 6.01. The van der Waals surface area contributed by atoms with E-state index >= 15 is 0 Å². The number of aryl methyl sites for hydroxylation is 3. The molecule has 0 heterocycles. The van der Waals surface area contributed by atoms with Crippen molar-refractivity contribution in [2.45, 2.75) is 20.8 Å². The van der Waals surface area contributed by atoms with Gasteiger partial charge in [0.2, 0.25) is 0 Å². The second-order valence-corrected chi connectivity index (χ2v) is 5.41. The van der Waals surface area contributed by atoms with E-state index in [0.29, 0.717) is 5.56 Å². The van der Waals surface area contributed by atoms with Crippen molar-refractivity contribution in [2.75, 3.05) is 0 Å². The Balaban J connectivity index is 2.33. The molecule has 19 heavy (non-hydrogen) atoms. The molecule has 0 unspecified atom stereocenters. The van der Waals surface area contributed by atoms with E-state index in [0.717, 1.165) is 38.9 Å². The molecule has 3 heteroatoms. The van der Waals surface area contributed by atoms with Crippen LogP contribution in [0.1, 0.15) is 27.0 Å². The van der Waals surface area contributed by atoms with Crippen LogP contribution in [0.15, 0.2) is 34.8 Å². The molecule has 2 nitrogen and oxygen atoms in total. The Morgan fingerprint density at radius 2 is 1.63 bits per heavy atom. The monoisotopic (exact) mass is 318 g/mol. The minimum absolute atomic E-state index is 0.660. The lowest BCUT2D eigenvalue weighted by Gasteiger charge is -2.12. The molecule has 98 valence electrons. The van der Waals surface area contributed by atoms with E-state index in [4.69, 9.17) is 4.74 Å². The van der Waals surface area contributed by atoms with Gasteiger partial charge in [0.15, 0.2) is 0 Å². The summed E-state index contributed by atoms with van der Waals surface area (Å²) in [5.41, 5.74) is 3.88. The van der Waals surface area contributed by atoms with Gasteiger partial charge in [-0.25, -0.2) is 0 Å². The van der Waals surface area contributed by atoms with Gasteiger partial charge in [0.1, 0.15) is 17.8 Å². The number of benzene rings is 2. The fraction of sp³-hybridized carbons (Fsp3) is 0.188. The molecular formula is C16H15BrO2. The number of ether oxygens (including phenoxy) is 1. The molecule has 2 aromatic carbocycles. The maximum Gasteiger partial charge on any atom is 0.150 e. The van der Waals surface area contributed by atoms with Crippen LogP contribution >= 0.6 is 15.9 Å². The Hall–Kier alpha value is -1.61. The van der Waals surface area contributed by atoms with Gasteiger partial charge in [-0.05, 0) is 67.8 Å². The van der Waals surface area contributed by atoms with E-state index in [9.17, 15) is 4.79 Å². The average Bonchev–Trinajstić information content (AvgIpc) is 2.38. The maximum atomic E-state index is 10.7. The van der Waals surface area contributed by atoms with Crippen LogP contribution in [0.3, 0.4) is 0 Å². The van der Waals surface area contributed by atoms with Gasteiger partial charge in [0.25, 0.3) is 0 Å². The third kappa shape index (κ3) is 3.04. The normalized spacial score (nSPS) is 10.3. The summed E-state index contributed by atoms with van der Waals surface area (Å²) in [6.45, 7) is 6.00. The summed E-state index contributed by atoms with van der Waals surface area (Å²) in [5.74, 6) is 1.58. The predicted octanol–water partition coefficient (Wildman–Crippen LogP) is 4.98. The van der Waals surface area contributed by atoms with Crippen molar-refractivity contribution in [2.24, 2.45) is 0 Å². The minimum Gasteiger partial charge on any atom is -0.457 e. The standard InChI is InChI=1S/C16H15BrO2/c1-10-6-13(9-18)4-5-15(10)19-14-7-11(2)16(17)12(3)8-14/h4-9H,1-3H3. The molecule has 0 saturated carbocycles. The molecule has 2 rings (SSSR count). The quantitative estimate of drug-likeness (QED) is 0.746. The molecule has 0 fully saturated rings. The van der Waals surface area contributed by atoms with Gasteiger partial charge < -0.3 is 4.74 Å². The van der Waals surface area contributed by atoms with Crippen LogP contribution < -0.4 is 4.74 Å². The number of hydrogen-bond donors (Lipinski definition) is 0. The van der Waals surface area contributed by atoms with Crippen LogP contribution in [-0.2, 0) is 0 Å². The van der Waals surface area contributed by atoms with Crippen molar-refractivity contribution in [3.05, 3.63) is 57.1 Å². The van der Waals surface area contributed by atoms with E-state index < -0.39 is 0 Å².